The molecule has 0 N–H and O–H groups in total. The van der Waals surface area contributed by atoms with Crippen LogP contribution in [0.4, 0.5) is 0 Å². The Morgan fingerprint density at radius 2 is 1.76 bits per heavy atom. The van der Waals surface area contributed by atoms with E-state index in [1.807, 2.05) is 0 Å². The molecule has 1 saturated carbocycles. The molecule has 0 amide bonds. The molecule has 2 atom stereocenters. The lowest BCUT2D eigenvalue weighted by molar-refractivity contribution is 0.0138. The molecule has 0 saturated heterocycles. The van der Waals surface area contributed by atoms with E-state index >= 15 is 0 Å². The molecule has 17 heavy (non-hydrogen) atoms. The van der Waals surface area contributed by atoms with E-state index in [1.54, 1.807) is 11.1 Å². The van der Waals surface area contributed by atoms with Crippen LogP contribution in [0.1, 0.15) is 53.4 Å². The van der Waals surface area contributed by atoms with Crippen molar-refractivity contribution in [1.29, 1.82) is 0 Å². The van der Waals surface area contributed by atoms with Gasteiger partial charge in [0, 0.05) is 5.41 Å². The molecule has 1 heterocycles. The SMILES string of the molecule is CC1(C)CCC[C@@]2(C)C1=CC[C@@]1(C)OCC=C21. The Kier molecular flexibility index (Phi) is 2.21. The Morgan fingerprint density at radius 3 is 2.53 bits per heavy atom. The van der Waals surface area contributed by atoms with Gasteiger partial charge >= 0.3 is 0 Å². The van der Waals surface area contributed by atoms with Crippen molar-refractivity contribution in [2.45, 2.75) is 59.0 Å². The average Bonchev–Trinajstić information content (AvgIpc) is 2.60. The maximum Gasteiger partial charge on any atom is 0.0911 e. The van der Waals surface area contributed by atoms with E-state index in [2.05, 4.69) is 39.8 Å². The van der Waals surface area contributed by atoms with Gasteiger partial charge in [-0.25, -0.2) is 0 Å². The van der Waals surface area contributed by atoms with Crippen LogP contribution < -0.4 is 0 Å². The predicted molar refractivity (Wildman–Crippen MR) is 70.9 cm³/mol. The molecule has 3 rings (SSSR count). The van der Waals surface area contributed by atoms with Crippen LogP contribution in [0.2, 0.25) is 0 Å². The quantitative estimate of drug-likeness (QED) is 0.567. The Bertz CT molecular complexity index is 415. The van der Waals surface area contributed by atoms with Gasteiger partial charge < -0.3 is 4.74 Å². The highest BCUT2D eigenvalue weighted by molar-refractivity contribution is 5.44. The summed E-state index contributed by atoms with van der Waals surface area (Å²) in [4.78, 5) is 0. The van der Waals surface area contributed by atoms with Gasteiger partial charge in [0.05, 0.1) is 12.2 Å². The highest BCUT2D eigenvalue weighted by Crippen LogP contribution is 2.60. The third kappa shape index (κ3) is 1.41. The number of rotatable bonds is 0. The molecule has 0 aromatic carbocycles. The van der Waals surface area contributed by atoms with Crippen molar-refractivity contribution in [3.05, 3.63) is 23.3 Å². The molecule has 0 spiro atoms. The van der Waals surface area contributed by atoms with E-state index in [1.165, 1.54) is 19.3 Å². The first-order valence-corrected chi connectivity index (χ1v) is 6.95. The van der Waals surface area contributed by atoms with E-state index in [4.69, 9.17) is 4.74 Å². The number of allylic oxidation sites excluding steroid dienone is 1. The van der Waals surface area contributed by atoms with Crippen molar-refractivity contribution in [2.24, 2.45) is 10.8 Å². The van der Waals surface area contributed by atoms with Crippen LogP contribution in [-0.4, -0.2) is 12.2 Å². The first-order valence-electron chi connectivity index (χ1n) is 6.95. The van der Waals surface area contributed by atoms with Gasteiger partial charge in [-0.2, -0.15) is 0 Å². The molecule has 0 radical (unpaired) electrons. The minimum atomic E-state index is -0.00826. The molecule has 1 fully saturated rings. The molecule has 1 nitrogen and oxygen atoms in total. The molecule has 1 aliphatic heterocycles. The first-order chi connectivity index (χ1) is 7.89. The Labute approximate surface area is 105 Å². The molecule has 1 heteroatoms. The smallest absolute Gasteiger partial charge is 0.0911 e. The maximum absolute atomic E-state index is 5.99. The van der Waals surface area contributed by atoms with Gasteiger partial charge in [-0.1, -0.05) is 44.9 Å². The van der Waals surface area contributed by atoms with Crippen molar-refractivity contribution >= 4 is 0 Å². The molecule has 0 bridgehead atoms. The highest BCUT2D eigenvalue weighted by atomic mass is 16.5. The minimum Gasteiger partial charge on any atom is -0.367 e. The molecular formula is C16H24O. The predicted octanol–water partition coefficient (Wildman–Crippen LogP) is 4.25. The Hall–Kier alpha value is -0.560. The summed E-state index contributed by atoms with van der Waals surface area (Å²) >= 11 is 0. The summed E-state index contributed by atoms with van der Waals surface area (Å²) in [5.41, 5.74) is 3.87. The number of hydrogen-bond donors (Lipinski definition) is 0. The van der Waals surface area contributed by atoms with Gasteiger partial charge in [-0.3, -0.25) is 0 Å². The first kappa shape index (κ1) is 11.5. The van der Waals surface area contributed by atoms with Gasteiger partial charge in [0.2, 0.25) is 0 Å². The maximum atomic E-state index is 5.99. The number of fused-ring (bicyclic) bond motifs is 3. The van der Waals surface area contributed by atoms with E-state index in [9.17, 15) is 0 Å². The van der Waals surface area contributed by atoms with Crippen LogP contribution in [0, 0.1) is 10.8 Å². The van der Waals surface area contributed by atoms with E-state index < -0.39 is 0 Å². The summed E-state index contributed by atoms with van der Waals surface area (Å²) in [5.74, 6) is 0. The third-order valence-corrected chi connectivity index (χ3v) is 5.35. The van der Waals surface area contributed by atoms with Crippen LogP contribution in [0.5, 0.6) is 0 Å². The lowest BCUT2D eigenvalue weighted by Gasteiger charge is -2.53. The molecule has 3 aliphatic rings. The fourth-order valence-electron chi connectivity index (χ4n) is 4.56. The zero-order valence-corrected chi connectivity index (χ0v) is 11.6. The molecule has 94 valence electrons. The fraction of sp³-hybridized carbons (Fsp3) is 0.750. The van der Waals surface area contributed by atoms with Crippen molar-refractivity contribution in [3.8, 4) is 0 Å². The van der Waals surface area contributed by atoms with Crippen molar-refractivity contribution < 1.29 is 4.74 Å². The summed E-state index contributed by atoms with van der Waals surface area (Å²) in [5, 5.41) is 0. The summed E-state index contributed by atoms with van der Waals surface area (Å²) in [6.45, 7) is 10.3. The lowest BCUT2D eigenvalue weighted by atomic mass is 9.53. The monoisotopic (exact) mass is 232 g/mol. The fourth-order valence-corrected chi connectivity index (χ4v) is 4.56. The normalized spacial score (nSPS) is 43.5. The van der Waals surface area contributed by atoms with Crippen LogP contribution in [0.3, 0.4) is 0 Å². The molecule has 0 aromatic heterocycles. The summed E-state index contributed by atoms with van der Waals surface area (Å²) in [6.07, 6.45) is 9.88. The number of ether oxygens (including phenoxy) is 1. The zero-order valence-electron chi connectivity index (χ0n) is 11.6. The van der Waals surface area contributed by atoms with E-state index in [-0.39, 0.29) is 11.0 Å². The van der Waals surface area contributed by atoms with Gasteiger partial charge in [-0.05, 0) is 37.2 Å². The minimum absolute atomic E-state index is 0.00826. The third-order valence-electron chi connectivity index (χ3n) is 5.35. The lowest BCUT2D eigenvalue weighted by Crippen LogP contribution is -2.45. The number of hydrogen-bond acceptors (Lipinski definition) is 1. The van der Waals surface area contributed by atoms with E-state index in [0.29, 0.717) is 5.41 Å². The van der Waals surface area contributed by atoms with Gasteiger partial charge in [0.15, 0.2) is 0 Å². The van der Waals surface area contributed by atoms with E-state index in [0.717, 1.165) is 13.0 Å². The summed E-state index contributed by atoms with van der Waals surface area (Å²) in [7, 11) is 0. The average molecular weight is 232 g/mol. The largest absolute Gasteiger partial charge is 0.367 e. The second-order valence-electron chi connectivity index (χ2n) is 7.05. The van der Waals surface area contributed by atoms with Crippen LogP contribution in [0.15, 0.2) is 23.3 Å². The Morgan fingerprint density at radius 1 is 1.00 bits per heavy atom. The standard InChI is InChI=1S/C16H24O/c1-14(2)8-5-9-15(3)12(14)6-10-16(4)13(15)7-11-17-16/h6-7H,5,8-11H2,1-4H3/t15-,16+/m0/s1. The second-order valence-corrected chi connectivity index (χ2v) is 7.05. The van der Waals surface area contributed by atoms with Gasteiger partial charge in [0.25, 0.3) is 0 Å². The molecular weight excluding hydrogens is 208 g/mol. The highest BCUT2D eigenvalue weighted by Gasteiger charge is 2.52. The summed E-state index contributed by atoms with van der Waals surface area (Å²) < 4.78 is 5.99. The van der Waals surface area contributed by atoms with Gasteiger partial charge in [-0.15, -0.1) is 0 Å². The van der Waals surface area contributed by atoms with Crippen molar-refractivity contribution in [1.82, 2.24) is 0 Å². The topological polar surface area (TPSA) is 9.23 Å². The second kappa shape index (κ2) is 3.26. The van der Waals surface area contributed by atoms with Crippen molar-refractivity contribution in [3.63, 3.8) is 0 Å². The molecule has 2 aliphatic carbocycles. The van der Waals surface area contributed by atoms with Gasteiger partial charge in [0.1, 0.15) is 0 Å². The van der Waals surface area contributed by atoms with Crippen LogP contribution in [0.25, 0.3) is 0 Å². The zero-order chi connectivity index (χ0) is 12.3. The van der Waals surface area contributed by atoms with Crippen LogP contribution >= 0.6 is 0 Å². The molecule has 0 aromatic rings. The van der Waals surface area contributed by atoms with Crippen LogP contribution in [-0.2, 0) is 4.74 Å². The Balaban J connectivity index is 2.13. The molecule has 0 unspecified atom stereocenters. The summed E-state index contributed by atoms with van der Waals surface area (Å²) in [6, 6.07) is 0. The van der Waals surface area contributed by atoms with Crippen molar-refractivity contribution in [2.75, 3.05) is 6.61 Å².